The van der Waals surface area contributed by atoms with E-state index in [1.807, 2.05) is 38.1 Å². The van der Waals surface area contributed by atoms with Gasteiger partial charge in [0.05, 0.1) is 17.4 Å². The molecule has 1 heterocycles. The van der Waals surface area contributed by atoms with Gasteiger partial charge >= 0.3 is 0 Å². The topological polar surface area (TPSA) is 56.1 Å². The van der Waals surface area contributed by atoms with Crippen molar-refractivity contribution < 1.29 is 4.79 Å². The van der Waals surface area contributed by atoms with E-state index in [0.717, 1.165) is 11.4 Å². The average Bonchev–Trinajstić information content (AvgIpc) is 2.53. The fourth-order valence-corrected chi connectivity index (χ4v) is 2.37. The van der Waals surface area contributed by atoms with E-state index in [1.165, 1.54) is 0 Å². The number of nitrogens with one attached hydrogen (secondary N) is 1. The van der Waals surface area contributed by atoms with E-state index in [-0.39, 0.29) is 18.0 Å². The molecule has 0 saturated heterocycles. The van der Waals surface area contributed by atoms with Gasteiger partial charge in [0.25, 0.3) is 0 Å². The molecule has 0 bridgehead atoms. The normalized spacial score (nSPS) is 22.4. The molecule has 0 spiro atoms. The van der Waals surface area contributed by atoms with Gasteiger partial charge in [0.2, 0.25) is 5.91 Å². The Labute approximate surface area is 107 Å². The van der Waals surface area contributed by atoms with Crippen molar-refractivity contribution in [2.45, 2.75) is 38.8 Å². The van der Waals surface area contributed by atoms with Crippen molar-refractivity contribution in [1.82, 2.24) is 0 Å². The van der Waals surface area contributed by atoms with Crippen molar-refractivity contribution in [3.05, 3.63) is 24.3 Å². The zero-order chi connectivity index (χ0) is 13.1. The number of amides is 1. The minimum Gasteiger partial charge on any atom is -0.368 e. The molecule has 1 N–H and O–H groups in total. The van der Waals surface area contributed by atoms with Crippen molar-refractivity contribution >= 4 is 17.3 Å². The SMILES string of the molecule is CCC(=O)N1c2ccccc2NC(C#N)CC1C. The molecule has 1 aromatic carbocycles. The van der Waals surface area contributed by atoms with Gasteiger partial charge in [-0.15, -0.1) is 0 Å². The fourth-order valence-electron chi connectivity index (χ4n) is 2.37. The van der Waals surface area contributed by atoms with Crippen LogP contribution in [-0.2, 0) is 4.79 Å². The first-order chi connectivity index (χ1) is 8.67. The molecule has 2 rings (SSSR count). The number of carbonyl (C=O) groups excluding carboxylic acids is 1. The van der Waals surface area contributed by atoms with Gasteiger partial charge in [-0.05, 0) is 19.1 Å². The second kappa shape index (κ2) is 5.09. The molecule has 94 valence electrons. The Hall–Kier alpha value is -2.02. The van der Waals surface area contributed by atoms with Gasteiger partial charge < -0.3 is 10.2 Å². The minimum absolute atomic E-state index is 0.0262. The molecule has 2 atom stereocenters. The van der Waals surface area contributed by atoms with Crippen molar-refractivity contribution in [2.24, 2.45) is 0 Å². The van der Waals surface area contributed by atoms with Gasteiger partial charge in [-0.1, -0.05) is 19.1 Å². The highest BCUT2D eigenvalue weighted by Gasteiger charge is 2.29. The summed E-state index contributed by atoms with van der Waals surface area (Å²) < 4.78 is 0. The summed E-state index contributed by atoms with van der Waals surface area (Å²) in [5.41, 5.74) is 1.73. The van der Waals surface area contributed by atoms with Crippen molar-refractivity contribution in [1.29, 1.82) is 5.26 Å². The Balaban J connectivity index is 2.47. The van der Waals surface area contributed by atoms with Crippen molar-refractivity contribution in [3.63, 3.8) is 0 Å². The van der Waals surface area contributed by atoms with E-state index in [2.05, 4.69) is 11.4 Å². The summed E-state index contributed by atoms with van der Waals surface area (Å²) in [5, 5.41) is 12.3. The smallest absolute Gasteiger partial charge is 0.227 e. The first kappa shape index (κ1) is 12.4. The number of fused-ring (bicyclic) bond motifs is 1. The number of benzene rings is 1. The van der Waals surface area contributed by atoms with Gasteiger partial charge in [0.15, 0.2) is 0 Å². The second-order valence-electron chi connectivity index (χ2n) is 4.55. The van der Waals surface area contributed by atoms with Crippen LogP contribution in [0, 0.1) is 11.3 Å². The van der Waals surface area contributed by atoms with Crippen molar-refractivity contribution in [2.75, 3.05) is 10.2 Å². The maximum atomic E-state index is 12.1. The highest BCUT2D eigenvalue weighted by molar-refractivity contribution is 5.97. The van der Waals surface area contributed by atoms with Crippen LogP contribution in [0.4, 0.5) is 11.4 Å². The molecule has 4 heteroatoms. The van der Waals surface area contributed by atoms with Crippen LogP contribution in [0.2, 0.25) is 0 Å². The number of carbonyl (C=O) groups is 1. The Kier molecular flexibility index (Phi) is 3.52. The highest BCUT2D eigenvalue weighted by atomic mass is 16.2. The van der Waals surface area contributed by atoms with Crippen LogP contribution in [-0.4, -0.2) is 18.0 Å². The molecule has 0 aromatic heterocycles. The van der Waals surface area contributed by atoms with E-state index >= 15 is 0 Å². The Morgan fingerprint density at radius 1 is 1.56 bits per heavy atom. The lowest BCUT2D eigenvalue weighted by Gasteiger charge is -2.27. The molecule has 0 fully saturated rings. The lowest BCUT2D eigenvalue weighted by molar-refractivity contribution is -0.118. The van der Waals surface area contributed by atoms with E-state index in [0.29, 0.717) is 12.8 Å². The summed E-state index contributed by atoms with van der Waals surface area (Å²) in [6.45, 7) is 3.85. The average molecular weight is 243 g/mol. The third kappa shape index (κ3) is 2.17. The lowest BCUT2D eigenvalue weighted by atomic mass is 10.1. The largest absolute Gasteiger partial charge is 0.368 e. The van der Waals surface area contributed by atoms with Gasteiger partial charge in [-0.2, -0.15) is 5.26 Å². The molecular formula is C14H17N3O. The first-order valence-electron chi connectivity index (χ1n) is 6.24. The van der Waals surface area contributed by atoms with Crippen molar-refractivity contribution in [3.8, 4) is 6.07 Å². The van der Waals surface area contributed by atoms with Crippen LogP contribution < -0.4 is 10.2 Å². The van der Waals surface area contributed by atoms with Gasteiger partial charge in [-0.25, -0.2) is 0 Å². The van der Waals surface area contributed by atoms with E-state index in [1.54, 1.807) is 4.90 Å². The number of anilines is 2. The second-order valence-corrected chi connectivity index (χ2v) is 4.55. The number of rotatable bonds is 1. The maximum Gasteiger partial charge on any atom is 0.227 e. The number of para-hydroxylation sites is 2. The van der Waals surface area contributed by atoms with Crippen LogP contribution >= 0.6 is 0 Å². The highest BCUT2D eigenvalue weighted by Crippen LogP contribution is 2.32. The van der Waals surface area contributed by atoms with Crippen LogP contribution in [0.1, 0.15) is 26.7 Å². The Morgan fingerprint density at radius 3 is 2.94 bits per heavy atom. The monoisotopic (exact) mass is 243 g/mol. The number of nitrogens with zero attached hydrogens (tertiary/aromatic N) is 2. The lowest BCUT2D eigenvalue weighted by Crippen LogP contribution is -2.39. The van der Waals surface area contributed by atoms with Crippen LogP contribution in [0.5, 0.6) is 0 Å². The third-order valence-corrected chi connectivity index (χ3v) is 3.24. The predicted octanol–water partition coefficient (Wildman–Crippen LogP) is 2.53. The van der Waals surface area contributed by atoms with Crippen LogP contribution in [0.3, 0.4) is 0 Å². The third-order valence-electron chi connectivity index (χ3n) is 3.24. The molecule has 1 aliphatic heterocycles. The molecule has 0 aliphatic carbocycles. The molecule has 0 saturated carbocycles. The number of hydrogen-bond donors (Lipinski definition) is 1. The zero-order valence-corrected chi connectivity index (χ0v) is 10.7. The molecular weight excluding hydrogens is 226 g/mol. The molecule has 1 aromatic rings. The molecule has 18 heavy (non-hydrogen) atoms. The van der Waals surface area contributed by atoms with Gasteiger partial charge in [0, 0.05) is 18.9 Å². The molecule has 1 aliphatic rings. The summed E-state index contributed by atoms with van der Waals surface area (Å²) in [6.07, 6.45) is 1.10. The predicted molar refractivity (Wildman–Crippen MR) is 71.3 cm³/mol. The molecule has 1 amide bonds. The summed E-state index contributed by atoms with van der Waals surface area (Å²) in [4.78, 5) is 13.9. The number of nitriles is 1. The van der Waals surface area contributed by atoms with Crippen LogP contribution in [0.25, 0.3) is 0 Å². The number of hydrogen-bond acceptors (Lipinski definition) is 3. The summed E-state index contributed by atoms with van der Waals surface area (Å²) in [7, 11) is 0. The fraction of sp³-hybridized carbons (Fsp3) is 0.429. The summed E-state index contributed by atoms with van der Waals surface area (Å²) >= 11 is 0. The maximum absolute atomic E-state index is 12.1. The van der Waals surface area contributed by atoms with E-state index in [4.69, 9.17) is 5.26 Å². The summed E-state index contributed by atoms with van der Waals surface area (Å²) in [6, 6.07) is 9.67. The molecule has 2 unspecified atom stereocenters. The van der Waals surface area contributed by atoms with Crippen LogP contribution in [0.15, 0.2) is 24.3 Å². The Morgan fingerprint density at radius 2 is 2.28 bits per heavy atom. The standard InChI is InChI=1S/C14H17N3O/c1-3-14(18)17-10(2)8-11(9-15)16-12-6-4-5-7-13(12)17/h4-7,10-11,16H,3,8H2,1-2H3. The van der Waals surface area contributed by atoms with Gasteiger partial charge in [0.1, 0.15) is 6.04 Å². The minimum atomic E-state index is -0.254. The molecule has 4 nitrogen and oxygen atoms in total. The first-order valence-corrected chi connectivity index (χ1v) is 6.24. The Bertz CT molecular complexity index is 492. The molecule has 0 radical (unpaired) electrons. The van der Waals surface area contributed by atoms with E-state index < -0.39 is 0 Å². The zero-order valence-electron chi connectivity index (χ0n) is 10.7. The van der Waals surface area contributed by atoms with E-state index in [9.17, 15) is 4.79 Å². The summed E-state index contributed by atoms with van der Waals surface area (Å²) in [5.74, 6) is 0.0929. The van der Waals surface area contributed by atoms with Gasteiger partial charge in [-0.3, -0.25) is 4.79 Å². The quantitative estimate of drug-likeness (QED) is 0.824.